The molecule has 0 aromatic heterocycles. The summed E-state index contributed by atoms with van der Waals surface area (Å²) in [6.45, 7) is 5.82. The van der Waals surface area contributed by atoms with Gasteiger partial charge in [-0.05, 0) is 25.2 Å². The Morgan fingerprint density at radius 2 is 2.00 bits per heavy atom. The van der Waals surface area contributed by atoms with Gasteiger partial charge in [0.15, 0.2) is 0 Å². The van der Waals surface area contributed by atoms with Gasteiger partial charge < -0.3 is 4.55 Å². The van der Waals surface area contributed by atoms with Crippen molar-refractivity contribution in [2.75, 3.05) is 0 Å². The van der Waals surface area contributed by atoms with Crippen LogP contribution in [0.3, 0.4) is 0 Å². The van der Waals surface area contributed by atoms with Gasteiger partial charge in [-0.1, -0.05) is 26.8 Å². The van der Waals surface area contributed by atoms with E-state index < -0.39 is 10.1 Å². The van der Waals surface area contributed by atoms with E-state index in [1.807, 2.05) is 20.8 Å². The van der Waals surface area contributed by atoms with Crippen molar-refractivity contribution in [2.45, 2.75) is 40.0 Å². The summed E-state index contributed by atoms with van der Waals surface area (Å²) in [6.07, 6.45) is 3.21. The van der Waals surface area contributed by atoms with E-state index in [1.165, 1.54) is 6.08 Å². The predicted molar refractivity (Wildman–Crippen MR) is 52.1 cm³/mol. The Morgan fingerprint density at radius 3 is 2.31 bits per heavy atom. The van der Waals surface area contributed by atoms with Gasteiger partial charge in [-0.15, -0.1) is 0 Å². The van der Waals surface area contributed by atoms with E-state index in [-0.39, 0.29) is 4.91 Å². The summed E-state index contributed by atoms with van der Waals surface area (Å²) in [5.41, 5.74) is 0. The van der Waals surface area contributed by atoms with Crippen LogP contribution in [-0.2, 0) is 10.1 Å². The second-order valence-corrected chi connectivity index (χ2v) is 4.90. The maximum Gasteiger partial charge on any atom is 0.120 e. The zero-order valence-corrected chi connectivity index (χ0v) is 9.23. The molecule has 0 radical (unpaired) electrons. The van der Waals surface area contributed by atoms with Crippen molar-refractivity contribution in [3.05, 3.63) is 11.0 Å². The minimum absolute atomic E-state index is 0.0451. The first-order valence-corrected chi connectivity index (χ1v) is 5.93. The second-order valence-electron chi connectivity index (χ2n) is 3.47. The van der Waals surface area contributed by atoms with Crippen molar-refractivity contribution >= 4 is 10.1 Å². The van der Waals surface area contributed by atoms with E-state index in [4.69, 9.17) is 0 Å². The molecular formula is C9H17O3S-. The molecule has 78 valence electrons. The fraction of sp³-hybridized carbons (Fsp3) is 0.778. The summed E-state index contributed by atoms with van der Waals surface area (Å²) in [4.78, 5) is 0.0451. The number of rotatable bonds is 5. The minimum Gasteiger partial charge on any atom is -0.744 e. The van der Waals surface area contributed by atoms with Crippen molar-refractivity contribution in [1.29, 1.82) is 0 Å². The maximum absolute atomic E-state index is 10.7. The zero-order valence-electron chi connectivity index (χ0n) is 8.41. The van der Waals surface area contributed by atoms with Gasteiger partial charge in [0.2, 0.25) is 0 Å². The van der Waals surface area contributed by atoms with Gasteiger partial charge in [-0.2, -0.15) is 0 Å². The highest BCUT2D eigenvalue weighted by Crippen LogP contribution is 2.16. The SMILES string of the molecule is CC/C=C(/CCC(C)C)S(=O)(=O)[O-]. The van der Waals surface area contributed by atoms with E-state index >= 15 is 0 Å². The van der Waals surface area contributed by atoms with Gasteiger partial charge >= 0.3 is 0 Å². The molecule has 0 fully saturated rings. The molecule has 0 saturated carbocycles. The van der Waals surface area contributed by atoms with E-state index in [2.05, 4.69) is 0 Å². The van der Waals surface area contributed by atoms with Crippen molar-refractivity contribution < 1.29 is 13.0 Å². The zero-order chi connectivity index (χ0) is 10.5. The van der Waals surface area contributed by atoms with E-state index in [9.17, 15) is 13.0 Å². The Balaban J connectivity index is 4.39. The second kappa shape index (κ2) is 5.40. The molecule has 0 aliphatic rings. The summed E-state index contributed by atoms with van der Waals surface area (Å²) >= 11 is 0. The van der Waals surface area contributed by atoms with Gasteiger partial charge in [0.25, 0.3) is 0 Å². The van der Waals surface area contributed by atoms with E-state index in [0.717, 1.165) is 6.42 Å². The lowest BCUT2D eigenvalue weighted by molar-refractivity contribution is 0.466. The Bertz CT molecular complexity index is 263. The Labute approximate surface area is 80.6 Å². The fourth-order valence-corrected chi connectivity index (χ4v) is 1.73. The standard InChI is InChI=1S/C9H18O3S/c1-4-5-9(13(10,11)12)7-6-8(2)3/h5,8H,4,6-7H2,1-3H3,(H,10,11,12)/p-1/b9-5-. The largest absolute Gasteiger partial charge is 0.744 e. The molecule has 0 N–H and O–H groups in total. The molecule has 0 saturated heterocycles. The molecule has 0 bridgehead atoms. The van der Waals surface area contributed by atoms with Crippen LogP contribution >= 0.6 is 0 Å². The molecule has 0 spiro atoms. The minimum atomic E-state index is -4.21. The van der Waals surface area contributed by atoms with Gasteiger partial charge in [-0.25, -0.2) is 8.42 Å². The molecule has 0 heterocycles. The Kier molecular flexibility index (Phi) is 5.25. The van der Waals surface area contributed by atoms with Crippen molar-refractivity contribution in [2.24, 2.45) is 5.92 Å². The fourth-order valence-electron chi connectivity index (χ4n) is 0.988. The molecule has 0 aromatic rings. The third kappa shape index (κ3) is 5.82. The molecule has 0 rings (SSSR count). The average Bonchev–Trinajstić information content (AvgIpc) is 1.95. The molecule has 0 unspecified atom stereocenters. The Hall–Kier alpha value is -0.350. The maximum atomic E-state index is 10.7. The monoisotopic (exact) mass is 205 g/mol. The first-order valence-electron chi connectivity index (χ1n) is 4.52. The summed E-state index contributed by atoms with van der Waals surface area (Å²) < 4.78 is 32.1. The van der Waals surface area contributed by atoms with Crippen LogP contribution in [0.2, 0.25) is 0 Å². The first kappa shape index (κ1) is 12.7. The van der Waals surface area contributed by atoms with Gasteiger partial charge in [0, 0.05) is 4.91 Å². The van der Waals surface area contributed by atoms with Crippen LogP contribution in [0.25, 0.3) is 0 Å². The predicted octanol–water partition coefficient (Wildman–Crippen LogP) is 2.26. The van der Waals surface area contributed by atoms with Crippen molar-refractivity contribution in [3.8, 4) is 0 Å². The summed E-state index contributed by atoms with van der Waals surface area (Å²) in [7, 11) is -4.21. The molecule has 0 aliphatic heterocycles. The lowest BCUT2D eigenvalue weighted by Gasteiger charge is -2.12. The lowest BCUT2D eigenvalue weighted by atomic mass is 10.1. The molecule has 0 atom stereocenters. The lowest BCUT2D eigenvalue weighted by Crippen LogP contribution is -2.03. The average molecular weight is 205 g/mol. The highest BCUT2D eigenvalue weighted by molar-refractivity contribution is 7.89. The van der Waals surface area contributed by atoms with Gasteiger partial charge in [-0.3, -0.25) is 0 Å². The molecule has 0 aromatic carbocycles. The van der Waals surface area contributed by atoms with Crippen LogP contribution in [0, 0.1) is 5.92 Å². The van der Waals surface area contributed by atoms with Crippen LogP contribution in [0.4, 0.5) is 0 Å². The van der Waals surface area contributed by atoms with Gasteiger partial charge in [0.05, 0.1) is 0 Å². The summed E-state index contributed by atoms with van der Waals surface area (Å²) in [6, 6.07) is 0. The summed E-state index contributed by atoms with van der Waals surface area (Å²) in [5.74, 6) is 0.419. The first-order chi connectivity index (χ1) is 5.88. The van der Waals surface area contributed by atoms with Crippen molar-refractivity contribution in [3.63, 3.8) is 0 Å². The molecular weight excluding hydrogens is 188 g/mol. The Morgan fingerprint density at radius 1 is 1.46 bits per heavy atom. The quantitative estimate of drug-likeness (QED) is 0.647. The highest BCUT2D eigenvalue weighted by atomic mass is 32.2. The molecule has 0 aliphatic carbocycles. The van der Waals surface area contributed by atoms with Crippen LogP contribution in [0.1, 0.15) is 40.0 Å². The normalized spacial score (nSPS) is 13.8. The third-order valence-electron chi connectivity index (χ3n) is 1.72. The van der Waals surface area contributed by atoms with Crippen LogP contribution in [0.5, 0.6) is 0 Å². The van der Waals surface area contributed by atoms with Crippen LogP contribution < -0.4 is 0 Å². The molecule has 13 heavy (non-hydrogen) atoms. The smallest absolute Gasteiger partial charge is 0.120 e. The van der Waals surface area contributed by atoms with Crippen molar-refractivity contribution in [1.82, 2.24) is 0 Å². The number of hydrogen-bond acceptors (Lipinski definition) is 3. The number of hydrogen-bond donors (Lipinski definition) is 0. The third-order valence-corrected chi connectivity index (χ3v) is 2.73. The van der Waals surface area contributed by atoms with Crippen LogP contribution in [0.15, 0.2) is 11.0 Å². The van der Waals surface area contributed by atoms with E-state index in [1.54, 1.807) is 0 Å². The topological polar surface area (TPSA) is 57.2 Å². The number of allylic oxidation sites excluding steroid dienone is 2. The summed E-state index contributed by atoms with van der Waals surface area (Å²) in [5, 5.41) is 0. The van der Waals surface area contributed by atoms with Gasteiger partial charge in [0.1, 0.15) is 10.1 Å². The molecule has 0 amide bonds. The highest BCUT2D eigenvalue weighted by Gasteiger charge is 2.05. The molecule has 3 nitrogen and oxygen atoms in total. The molecule has 4 heteroatoms. The van der Waals surface area contributed by atoms with E-state index in [0.29, 0.717) is 18.8 Å². The van der Waals surface area contributed by atoms with Crippen LogP contribution in [-0.4, -0.2) is 13.0 Å².